The molecule has 0 spiro atoms. The predicted octanol–water partition coefficient (Wildman–Crippen LogP) is 3.24. The summed E-state index contributed by atoms with van der Waals surface area (Å²) in [5.74, 6) is 4.46. The van der Waals surface area contributed by atoms with Crippen LogP contribution in [-0.2, 0) is 6.42 Å². The van der Waals surface area contributed by atoms with Crippen molar-refractivity contribution in [1.29, 1.82) is 0 Å². The van der Waals surface area contributed by atoms with Gasteiger partial charge in [0.1, 0.15) is 17.5 Å². The molecule has 1 aliphatic carbocycles. The van der Waals surface area contributed by atoms with Gasteiger partial charge in [-0.3, -0.25) is 0 Å². The third-order valence-electron chi connectivity index (χ3n) is 4.32. The fraction of sp³-hybridized carbons (Fsp3) is 0.733. The normalized spacial score (nSPS) is 22.5. The average Bonchev–Trinajstić information content (AvgIpc) is 2.83. The highest BCUT2D eigenvalue weighted by Crippen LogP contribution is 2.31. The van der Waals surface area contributed by atoms with E-state index in [1.165, 1.54) is 19.3 Å². The van der Waals surface area contributed by atoms with E-state index in [-0.39, 0.29) is 0 Å². The van der Waals surface area contributed by atoms with Gasteiger partial charge in [0.2, 0.25) is 0 Å². The molecule has 19 heavy (non-hydrogen) atoms. The van der Waals surface area contributed by atoms with Gasteiger partial charge < -0.3 is 10.6 Å². The lowest BCUT2D eigenvalue weighted by Crippen LogP contribution is -2.18. The van der Waals surface area contributed by atoms with Gasteiger partial charge in [0.15, 0.2) is 0 Å². The number of hydrogen-bond acceptors (Lipinski definition) is 4. The van der Waals surface area contributed by atoms with Crippen LogP contribution in [-0.4, -0.2) is 23.6 Å². The molecule has 4 heteroatoms. The molecule has 2 N–H and O–H groups in total. The van der Waals surface area contributed by atoms with Crippen LogP contribution in [0.2, 0.25) is 0 Å². The molecule has 0 aromatic carbocycles. The minimum Gasteiger partial charge on any atom is -0.373 e. The summed E-state index contributed by atoms with van der Waals surface area (Å²) in [5.41, 5.74) is 1.12. The highest BCUT2D eigenvalue weighted by molar-refractivity contribution is 5.57. The Labute approximate surface area is 116 Å². The first-order valence-corrected chi connectivity index (χ1v) is 7.44. The first-order valence-electron chi connectivity index (χ1n) is 7.44. The van der Waals surface area contributed by atoms with Crippen molar-refractivity contribution in [1.82, 2.24) is 9.97 Å². The van der Waals surface area contributed by atoms with Gasteiger partial charge in [0.05, 0.1) is 0 Å². The second kappa shape index (κ2) is 6.22. The van der Waals surface area contributed by atoms with Crippen LogP contribution in [0.1, 0.15) is 44.5 Å². The van der Waals surface area contributed by atoms with E-state index in [9.17, 15) is 0 Å². The van der Waals surface area contributed by atoms with E-state index in [4.69, 9.17) is 0 Å². The topological polar surface area (TPSA) is 49.8 Å². The summed E-state index contributed by atoms with van der Waals surface area (Å²) >= 11 is 0. The lowest BCUT2D eigenvalue weighted by Gasteiger charge is -2.18. The second-order valence-corrected chi connectivity index (χ2v) is 5.61. The van der Waals surface area contributed by atoms with Crippen LogP contribution in [0, 0.1) is 18.8 Å². The Bertz CT molecular complexity index is 430. The number of anilines is 2. The Kier molecular flexibility index (Phi) is 4.61. The Morgan fingerprint density at radius 2 is 1.95 bits per heavy atom. The predicted molar refractivity (Wildman–Crippen MR) is 80.7 cm³/mol. The second-order valence-electron chi connectivity index (χ2n) is 5.61. The van der Waals surface area contributed by atoms with Gasteiger partial charge in [-0.1, -0.05) is 26.7 Å². The molecule has 0 aliphatic heterocycles. The summed E-state index contributed by atoms with van der Waals surface area (Å²) in [6.45, 7) is 7.56. The Morgan fingerprint density at radius 1 is 1.21 bits per heavy atom. The SMILES string of the molecule is CCc1nc(NC)c(C)c(NCC2CCCC2C)n1. The first kappa shape index (κ1) is 14.1. The van der Waals surface area contributed by atoms with Crippen LogP contribution < -0.4 is 10.6 Å². The lowest BCUT2D eigenvalue weighted by molar-refractivity contribution is 0.439. The van der Waals surface area contributed by atoms with Crippen molar-refractivity contribution in [2.75, 3.05) is 24.2 Å². The van der Waals surface area contributed by atoms with E-state index in [1.54, 1.807) is 0 Å². The summed E-state index contributed by atoms with van der Waals surface area (Å²) in [6, 6.07) is 0. The van der Waals surface area contributed by atoms with E-state index in [2.05, 4.69) is 41.4 Å². The molecule has 2 rings (SSSR count). The van der Waals surface area contributed by atoms with Crippen molar-refractivity contribution in [3.05, 3.63) is 11.4 Å². The molecule has 1 fully saturated rings. The molecule has 0 saturated heterocycles. The minimum absolute atomic E-state index is 0.789. The summed E-state index contributed by atoms with van der Waals surface area (Å²) in [4.78, 5) is 9.13. The molecular weight excluding hydrogens is 236 g/mol. The molecule has 106 valence electrons. The van der Waals surface area contributed by atoms with Gasteiger partial charge in [0.25, 0.3) is 0 Å². The molecule has 0 bridgehead atoms. The van der Waals surface area contributed by atoms with Crippen molar-refractivity contribution >= 4 is 11.6 Å². The number of aromatic nitrogens is 2. The quantitative estimate of drug-likeness (QED) is 0.855. The van der Waals surface area contributed by atoms with Crippen molar-refractivity contribution in [3.8, 4) is 0 Å². The van der Waals surface area contributed by atoms with E-state index in [1.807, 2.05) is 7.05 Å². The molecule has 1 heterocycles. The number of rotatable bonds is 5. The van der Waals surface area contributed by atoms with E-state index < -0.39 is 0 Å². The maximum Gasteiger partial charge on any atom is 0.134 e. The van der Waals surface area contributed by atoms with Gasteiger partial charge in [-0.2, -0.15) is 0 Å². The third-order valence-corrected chi connectivity index (χ3v) is 4.32. The van der Waals surface area contributed by atoms with E-state index in [0.717, 1.165) is 47.8 Å². The molecule has 0 radical (unpaired) electrons. The van der Waals surface area contributed by atoms with Crippen LogP contribution in [0.25, 0.3) is 0 Å². The molecule has 1 aromatic heterocycles. The third kappa shape index (κ3) is 3.17. The van der Waals surface area contributed by atoms with Crippen LogP contribution in [0.3, 0.4) is 0 Å². The fourth-order valence-corrected chi connectivity index (χ4v) is 2.89. The molecule has 1 aromatic rings. The Balaban J connectivity index is 2.10. The van der Waals surface area contributed by atoms with Crippen molar-refractivity contribution < 1.29 is 0 Å². The average molecular weight is 262 g/mol. The van der Waals surface area contributed by atoms with Gasteiger partial charge >= 0.3 is 0 Å². The zero-order chi connectivity index (χ0) is 13.8. The standard InChI is InChI=1S/C15H26N4/c1-5-13-18-14(16-4)11(3)15(19-13)17-9-12-8-6-7-10(12)2/h10,12H,5-9H2,1-4H3,(H2,16,17,18,19). The smallest absolute Gasteiger partial charge is 0.134 e. The lowest BCUT2D eigenvalue weighted by atomic mass is 9.98. The molecular formula is C15H26N4. The minimum atomic E-state index is 0.789. The van der Waals surface area contributed by atoms with E-state index in [0.29, 0.717) is 0 Å². The van der Waals surface area contributed by atoms with Crippen molar-refractivity contribution in [3.63, 3.8) is 0 Å². The Morgan fingerprint density at radius 3 is 2.53 bits per heavy atom. The first-order chi connectivity index (χ1) is 9.15. The number of aryl methyl sites for hydroxylation is 1. The molecule has 2 atom stereocenters. The van der Waals surface area contributed by atoms with Gasteiger partial charge in [0, 0.05) is 25.6 Å². The summed E-state index contributed by atoms with van der Waals surface area (Å²) in [7, 11) is 1.91. The van der Waals surface area contributed by atoms with Crippen molar-refractivity contribution in [2.24, 2.45) is 11.8 Å². The zero-order valence-corrected chi connectivity index (χ0v) is 12.6. The summed E-state index contributed by atoms with van der Waals surface area (Å²) in [5, 5.41) is 6.70. The van der Waals surface area contributed by atoms with Crippen LogP contribution in [0.15, 0.2) is 0 Å². The van der Waals surface area contributed by atoms with E-state index >= 15 is 0 Å². The molecule has 1 saturated carbocycles. The summed E-state index contributed by atoms with van der Waals surface area (Å²) < 4.78 is 0. The molecule has 4 nitrogen and oxygen atoms in total. The van der Waals surface area contributed by atoms with Gasteiger partial charge in [-0.25, -0.2) is 9.97 Å². The van der Waals surface area contributed by atoms with Crippen molar-refractivity contribution in [2.45, 2.75) is 46.5 Å². The maximum absolute atomic E-state index is 4.62. The highest BCUT2D eigenvalue weighted by atomic mass is 15.1. The Hall–Kier alpha value is -1.32. The number of nitrogens with one attached hydrogen (secondary N) is 2. The monoisotopic (exact) mass is 262 g/mol. The summed E-state index contributed by atoms with van der Waals surface area (Å²) in [6.07, 6.45) is 4.95. The molecule has 2 unspecified atom stereocenters. The van der Waals surface area contributed by atoms with Crippen LogP contribution >= 0.6 is 0 Å². The van der Waals surface area contributed by atoms with Crippen LogP contribution in [0.5, 0.6) is 0 Å². The maximum atomic E-state index is 4.62. The number of nitrogens with zero attached hydrogens (tertiary/aromatic N) is 2. The molecule has 0 amide bonds. The highest BCUT2D eigenvalue weighted by Gasteiger charge is 2.23. The number of hydrogen-bond donors (Lipinski definition) is 2. The van der Waals surface area contributed by atoms with Gasteiger partial charge in [-0.05, 0) is 25.2 Å². The molecule has 1 aliphatic rings. The largest absolute Gasteiger partial charge is 0.373 e. The zero-order valence-electron chi connectivity index (χ0n) is 12.6. The van der Waals surface area contributed by atoms with Gasteiger partial charge in [-0.15, -0.1) is 0 Å². The fourth-order valence-electron chi connectivity index (χ4n) is 2.89. The van der Waals surface area contributed by atoms with Crippen LogP contribution in [0.4, 0.5) is 11.6 Å².